The SMILES string of the molecule is COc1ccc(NC(=O)C2CCN(C(=O)C(C)C)CC2)cc1OC. The lowest BCUT2D eigenvalue weighted by atomic mass is 9.95. The summed E-state index contributed by atoms with van der Waals surface area (Å²) in [4.78, 5) is 26.3. The smallest absolute Gasteiger partial charge is 0.227 e. The predicted octanol–water partition coefficient (Wildman–Crippen LogP) is 2.54. The molecule has 6 heteroatoms. The number of nitrogens with one attached hydrogen (secondary N) is 1. The second-order valence-corrected chi connectivity index (χ2v) is 6.31. The highest BCUT2D eigenvalue weighted by atomic mass is 16.5. The summed E-state index contributed by atoms with van der Waals surface area (Å²) in [7, 11) is 3.13. The monoisotopic (exact) mass is 334 g/mol. The molecule has 0 aromatic heterocycles. The summed E-state index contributed by atoms with van der Waals surface area (Å²) in [6.07, 6.45) is 1.38. The molecule has 0 aliphatic carbocycles. The first-order chi connectivity index (χ1) is 11.5. The van der Waals surface area contributed by atoms with E-state index in [9.17, 15) is 9.59 Å². The maximum absolute atomic E-state index is 12.4. The largest absolute Gasteiger partial charge is 0.493 e. The Morgan fingerprint density at radius 2 is 1.75 bits per heavy atom. The van der Waals surface area contributed by atoms with Crippen molar-refractivity contribution in [1.29, 1.82) is 0 Å². The van der Waals surface area contributed by atoms with Crippen LogP contribution in [0.5, 0.6) is 11.5 Å². The van der Waals surface area contributed by atoms with Crippen LogP contribution in [0.25, 0.3) is 0 Å². The second kappa shape index (κ2) is 8.04. The molecule has 132 valence electrons. The van der Waals surface area contributed by atoms with Gasteiger partial charge in [0.25, 0.3) is 0 Å². The molecule has 0 atom stereocenters. The van der Waals surface area contributed by atoms with E-state index in [1.807, 2.05) is 18.7 Å². The lowest BCUT2D eigenvalue weighted by molar-refractivity contribution is -0.137. The molecule has 1 fully saturated rings. The van der Waals surface area contributed by atoms with E-state index < -0.39 is 0 Å². The van der Waals surface area contributed by atoms with Crippen molar-refractivity contribution in [1.82, 2.24) is 4.90 Å². The van der Waals surface area contributed by atoms with Crippen LogP contribution in [0, 0.1) is 11.8 Å². The van der Waals surface area contributed by atoms with Crippen molar-refractivity contribution < 1.29 is 19.1 Å². The van der Waals surface area contributed by atoms with Gasteiger partial charge in [-0.15, -0.1) is 0 Å². The van der Waals surface area contributed by atoms with E-state index in [0.29, 0.717) is 43.1 Å². The second-order valence-electron chi connectivity index (χ2n) is 6.31. The molecule has 1 aromatic carbocycles. The molecule has 0 unspecified atom stereocenters. The quantitative estimate of drug-likeness (QED) is 0.898. The van der Waals surface area contributed by atoms with Gasteiger partial charge in [0.05, 0.1) is 14.2 Å². The molecule has 2 amide bonds. The van der Waals surface area contributed by atoms with E-state index >= 15 is 0 Å². The third kappa shape index (κ3) is 4.19. The van der Waals surface area contributed by atoms with Gasteiger partial charge in [-0.2, -0.15) is 0 Å². The lowest BCUT2D eigenvalue weighted by Crippen LogP contribution is -2.43. The minimum Gasteiger partial charge on any atom is -0.493 e. The molecule has 0 bridgehead atoms. The standard InChI is InChI=1S/C18H26N2O4/c1-12(2)18(22)20-9-7-13(8-10-20)17(21)19-14-5-6-15(23-3)16(11-14)24-4/h5-6,11-13H,7-10H2,1-4H3,(H,19,21). The van der Waals surface area contributed by atoms with E-state index in [4.69, 9.17) is 9.47 Å². The van der Waals surface area contributed by atoms with Crippen molar-refractivity contribution in [2.75, 3.05) is 32.6 Å². The summed E-state index contributed by atoms with van der Waals surface area (Å²) >= 11 is 0. The van der Waals surface area contributed by atoms with Crippen LogP contribution in [0.15, 0.2) is 18.2 Å². The zero-order chi connectivity index (χ0) is 17.7. The third-order valence-corrected chi connectivity index (χ3v) is 4.32. The normalized spacial score (nSPS) is 15.3. The fraction of sp³-hybridized carbons (Fsp3) is 0.556. The van der Waals surface area contributed by atoms with E-state index in [-0.39, 0.29) is 23.7 Å². The summed E-state index contributed by atoms with van der Waals surface area (Å²) in [5, 5.41) is 2.93. The molecule has 6 nitrogen and oxygen atoms in total. The molecule has 1 aromatic rings. The Kier molecular flexibility index (Phi) is 6.06. The molecule has 1 aliphatic rings. The number of piperidine rings is 1. The van der Waals surface area contributed by atoms with Gasteiger partial charge >= 0.3 is 0 Å². The molecular weight excluding hydrogens is 308 g/mol. The van der Waals surface area contributed by atoms with Gasteiger partial charge < -0.3 is 19.7 Å². The Morgan fingerprint density at radius 3 is 2.29 bits per heavy atom. The van der Waals surface area contributed by atoms with Gasteiger partial charge in [-0.25, -0.2) is 0 Å². The van der Waals surface area contributed by atoms with Crippen LogP contribution in [0.4, 0.5) is 5.69 Å². The maximum Gasteiger partial charge on any atom is 0.227 e. The number of benzene rings is 1. The van der Waals surface area contributed by atoms with Crippen molar-refractivity contribution in [3.8, 4) is 11.5 Å². The van der Waals surface area contributed by atoms with Crippen LogP contribution in [-0.2, 0) is 9.59 Å². The number of hydrogen-bond acceptors (Lipinski definition) is 4. The van der Waals surface area contributed by atoms with Gasteiger partial charge in [-0.05, 0) is 25.0 Å². The number of nitrogens with zero attached hydrogens (tertiary/aromatic N) is 1. The number of rotatable bonds is 5. The summed E-state index contributed by atoms with van der Waals surface area (Å²) in [6.45, 7) is 5.08. The summed E-state index contributed by atoms with van der Waals surface area (Å²) < 4.78 is 10.4. The zero-order valence-electron chi connectivity index (χ0n) is 14.8. The Bertz CT molecular complexity index is 593. The Balaban J connectivity index is 1.93. The van der Waals surface area contributed by atoms with Crippen molar-refractivity contribution >= 4 is 17.5 Å². The van der Waals surface area contributed by atoms with E-state index in [0.717, 1.165) is 0 Å². The van der Waals surface area contributed by atoms with Crippen LogP contribution in [0.1, 0.15) is 26.7 Å². The molecule has 0 spiro atoms. The number of carbonyl (C=O) groups is 2. The van der Waals surface area contributed by atoms with Gasteiger partial charge in [-0.3, -0.25) is 9.59 Å². The first-order valence-corrected chi connectivity index (χ1v) is 8.28. The van der Waals surface area contributed by atoms with Crippen molar-refractivity contribution in [2.45, 2.75) is 26.7 Å². The first kappa shape index (κ1) is 18.1. The van der Waals surface area contributed by atoms with Gasteiger partial charge in [-0.1, -0.05) is 13.8 Å². The fourth-order valence-electron chi connectivity index (χ4n) is 2.89. The summed E-state index contributed by atoms with van der Waals surface area (Å²) in [5.41, 5.74) is 0.679. The van der Waals surface area contributed by atoms with Crippen molar-refractivity contribution in [3.63, 3.8) is 0 Å². The van der Waals surface area contributed by atoms with Crippen LogP contribution in [0.3, 0.4) is 0 Å². The highest BCUT2D eigenvalue weighted by molar-refractivity contribution is 5.93. The average molecular weight is 334 g/mol. The molecule has 1 saturated heterocycles. The Labute approximate surface area is 143 Å². The zero-order valence-corrected chi connectivity index (χ0v) is 14.8. The molecular formula is C18H26N2O4. The molecule has 1 heterocycles. The first-order valence-electron chi connectivity index (χ1n) is 8.28. The summed E-state index contributed by atoms with van der Waals surface area (Å²) in [6, 6.07) is 5.29. The highest BCUT2D eigenvalue weighted by Crippen LogP contribution is 2.30. The number of ether oxygens (including phenoxy) is 2. The van der Waals surface area contributed by atoms with Crippen LogP contribution in [-0.4, -0.2) is 44.0 Å². The lowest BCUT2D eigenvalue weighted by Gasteiger charge is -2.32. The third-order valence-electron chi connectivity index (χ3n) is 4.32. The number of amides is 2. The summed E-state index contributed by atoms with van der Waals surface area (Å²) in [5.74, 6) is 1.27. The highest BCUT2D eigenvalue weighted by Gasteiger charge is 2.28. The molecule has 1 N–H and O–H groups in total. The van der Waals surface area contributed by atoms with E-state index in [2.05, 4.69) is 5.32 Å². The van der Waals surface area contributed by atoms with Gasteiger partial charge in [0.2, 0.25) is 11.8 Å². The van der Waals surface area contributed by atoms with Gasteiger partial charge in [0.1, 0.15) is 0 Å². The average Bonchev–Trinajstić information content (AvgIpc) is 2.60. The van der Waals surface area contributed by atoms with Crippen molar-refractivity contribution in [2.24, 2.45) is 11.8 Å². The van der Waals surface area contributed by atoms with Gasteiger partial charge in [0.15, 0.2) is 11.5 Å². The van der Waals surface area contributed by atoms with Crippen LogP contribution >= 0.6 is 0 Å². The Morgan fingerprint density at radius 1 is 1.12 bits per heavy atom. The molecule has 1 aliphatic heterocycles. The van der Waals surface area contributed by atoms with Crippen LogP contribution in [0.2, 0.25) is 0 Å². The minimum absolute atomic E-state index is 0.00198. The number of likely N-dealkylation sites (tertiary alicyclic amines) is 1. The Hall–Kier alpha value is -2.24. The number of anilines is 1. The molecule has 0 saturated carbocycles. The van der Waals surface area contributed by atoms with E-state index in [1.54, 1.807) is 32.4 Å². The number of hydrogen-bond donors (Lipinski definition) is 1. The topological polar surface area (TPSA) is 67.9 Å². The maximum atomic E-state index is 12.4. The number of carbonyl (C=O) groups excluding carboxylic acids is 2. The van der Waals surface area contributed by atoms with Gasteiger partial charge in [0, 0.05) is 36.7 Å². The minimum atomic E-state index is -0.0747. The predicted molar refractivity (Wildman–Crippen MR) is 92.3 cm³/mol. The molecule has 24 heavy (non-hydrogen) atoms. The van der Waals surface area contributed by atoms with Crippen LogP contribution < -0.4 is 14.8 Å². The van der Waals surface area contributed by atoms with E-state index in [1.165, 1.54) is 0 Å². The molecule has 2 rings (SSSR count). The fourth-order valence-corrected chi connectivity index (χ4v) is 2.89. The molecule has 0 radical (unpaired) electrons. The number of methoxy groups -OCH3 is 2. The van der Waals surface area contributed by atoms with Crippen molar-refractivity contribution in [3.05, 3.63) is 18.2 Å².